The molecule has 0 aromatic carbocycles. The molecule has 4 aliphatic rings. The van der Waals surface area contributed by atoms with Gasteiger partial charge >= 0.3 is 73.3 Å². The van der Waals surface area contributed by atoms with Gasteiger partial charge in [0.25, 0.3) is 0 Å². The van der Waals surface area contributed by atoms with E-state index in [1.807, 2.05) is 0 Å². The zero-order chi connectivity index (χ0) is 6.55. The monoisotopic (exact) mass is 244 g/mol. The first-order valence-electron chi connectivity index (χ1n) is 4.66. The van der Waals surface area contributed by atoms with E-state index in [-0.39, 0.29) is 21.6 Å². The molecule has 4 rings (SSSR count). The second-order valence-corrected chi connectivity index (χ2v) is 10.1. The molecule has 4 fully saturated rings. The summed E-state index contributed by atoms with van der Waals surface area (Å²) in [7, 11) is 0. The van der Waals surface area contributed by atoms with Gasteiger partial charge < -0.3 is 0 Å². The van der Waals surface area contributed by atoms with Crippen molar-refractivity contribution in [3.63, 3.8) is 0 Å². The molecule has 0 spiro atoms. The molecule has 0 nitrogen and oxygen atoms in total. The molecule has 56 valence electrons. The van der Waals surface area contributed by atoms with E-state index in [0.29, 0.717) is 0 Å². The molecule has 2 saturated heterocycles. The molecule has 0 N–H and O–H groups in total. The zero-order valence-corrected chi connectivity index (χ0v) is 9.20. The van der Waals surface area contributed by atoms with Gasteiger partial charge in [0.05, 0.1) is 0 Å². The predicted molar refractivity (Wildman–Crippen MR) is 44.7 cm³/mol. The molecule has 0 unspecified atom stereocenters. The van der Waals surface area contributed by atoms with Crippen LogP contribution in [0.5, 0.6) is 0 Å². The second kappa shape index (κ2) is 2.16. The predicted octanol–water partition coefficient (Wildman–Crippen LogP) is 2.22. The molecule has 0 amide bonds. The van der Waals surface area contributed by atoms with Gasteiger partial charge in [-0.3, -0.25) is 0 Å². The van der Waals surface area contributed by atoms with Crippen LogP contribution in [0.4, 0.5) is 0 Å². The Bertz CT molecular complexity index is 96.3. The standard InChI is InChI=1S/C9H14.Sb.H/c1-3-8-5-2-6-9(4-1)7-8;;/h1-2,8-9H,3-7H2;;. The van der Waals surface area contributed by atoms with Gasteiger partial charge in [-0.2, -0.15) is 0 Å². The fourth-order valence-electron chi connectivity index (χ4n) is 3.46. The summed E-state index contributed by atoms with van der Waals surface area (Å²) in [4.78, 5) is 0. The minimum atomic E-state index is 0.170. The SMILES string of the molecule is C1C2C[CH]3CC1C[CH](C2)[SbH]3. The molecule has 0 atom stereocenters. The maximum absolute atomic E-state index is 1.68. The van der Waals surface area contributed by atoms with Gasteiger partial charge in [-0.05, 0) is 0 Å². The summed E-state index contributed by atoms with van der Waals surface area (Å²) >= 11 is 0.170. The fourth-order valence-corrected chi connectivity index (χ4v) is 10.7. The van der Waals surface area contributed by atoms with Crippen LogP contribution in [0.1, 0.15) is 32.1 Å². The van der Waals surface area contributed by atoms with Gasteiger partial charge in [0.1, 0.15) is 0 Å². The number of hydrogen-bond acceptors (Lipinski definition) is 0. The molecule has 0 aromatic rings. The van der Waals surface area contributed by atoms with Gasteiger partial charge in [0.15, 0.2) is 0 Å². The van der Waals surface area contributed by atoms with Gasteiger partial charge in [-0.15, -0.1) is 0 Å². The van der Waals surface area contributed by atoms with E-state index in [4.69, 9.17) is 0 Å². The van der Waals surface area contributed by atoms with E-state index in [1.54, 1.807) is 32.1 Å². The van der Waals surface area contributed by atoms with E-state index in [9.17, 15) is 0 Å². The molecule has 1 heteroatoms. The Morgan fingerprint density at radius 1 is 0.700 bits per heavy atom. The van der Waals surface area contributed by atoms with E-state index in [1.165, 1.54) is 19.6 Å². The van der Waals surface area contributed by atoms with E-state index < -0.39 is 0 Å². The van der Waals surface area contributed by atoms with Crippen LogP contribution >= 0.6 is 0 Å². The van der Waals surface area contributed by atoms with Crippen molar-refractivity contribution in [3.8, 4) is 0 Å². The molecule has 10 heavy (non-hydrogen) atoms. The molecular weight excluding hydrogens is 230 g/mol. The summed E-state index contributed by atoms with van der Waals surface area (Å²) in [5, 5.41) is 0. The summed E-state index contributed by atoms with van der Waals surface area (Å²) in [5.41, 5.74) is 0. The summed E-state index contributed by atoms with van der Waals surface area (Å²) in [6.45, 7) is 0. The summed E-state index contributed by atoms with van der Waals surface area (Å²) < 4.78 is 2.69. The van der Waals surface area contributed by atoms with Crippen LogP contribution in [-0.2, 0) is 0 Å². The van der Waals surface area contributed by atoms with Crippen molar-refractivity contribution in [2.75, 3.05) is 0 Å². The molecule has 4 bridgehead atoms. The maximum atomic E-state index is 1.68. The van der Waals surface area contributed by atoms with Crippen LogP contribution in [0.15, 0.2) is 0 Å². The molecule has 0 aromatic heterocycles. The minimum absolute atomic E-state index is 0.170. The van der Waals surface area contributed by atoms with Crippen LogP contribution in [0.25, 0.3) is 0 Å². The summed E-state index contributed by atoms with van der Waals surface area (Å²) in [5.74, 6) is 2.44. The molecule has 2 saturated carbocycles. The number of hydrogen-bond donors (Lipinski definition) is 0. The van der Waals surface area contributed by atoms with E-state index >= 15 is 0 Å². The van der Waals surface area contributed by atoms with Crippen LogP contribution in [0.3, 0.4) is 0 Å². The Morgan fingerprint density at radius 2 is 1.20 bits per heavy atom. The van der Waals surface area contributed by atoms with Crippen molar-refractivity contribution in [2.24, 2.45) is 11.8 Å². The van der Waals surface area contributed by atoms with Gasteiger partial charge in [-0.1, -0.05) is 0 Å². The van der Waals surface area contributed by atoms with Crippen molar-refractivity contribution in [3.05, 3.63) is 0 Å². The third kappa shape index (κ3) is 0.875. The van der Waals surface area contributed by atoms with Gasteiger partial charge in [0.2, 0.25) is 0 Å². The Hall–Kier alpha value is 0.818. The number of rotatable bonds is 0. The summed E-state index contributed by atoms with van der Waals surface area (Å²) in [6.07, 6.45) is 8.35. The van der Waals surface area contributed by atoms with Gasteiger partial charge in [-0.25, -0.2) is 0 Å². The average molecular weight is 245 g/mol. The Labute approximate surface area is 73.3 Å². The van der Waals surface area contributed by atoms with Crippen molar-refractivity contribution < 1.29 is 0 Å². The Kier molecular flexibility index (Phi) is 1.37. The van der Waals surface area contributed by atoms with Crippen LogP contribution in [0, 0.1) is 11.8 Å². The molecule has 2 aliphatic carbocycles. The quantitative estimate of drug-likeness (QED) is 0.574. The van der Waals surface area contributed by atoms with Crippen molar-refractivity contribution in [1.82, 2.24) is 0 Å². The van der Waals surface area contributed by atoms with Crippen LogP contribution in [0.2, 0.25) is 7.73 Å². The molecular formula is C9H15Sb. The summed E-state index contributed by atoms with van der Waals surface area (Å²) in [6, 6.07) is 0. The Morgan fingerprint density at radius 3 is 1.60 bits per heavy atom. The normalized spacial score (nSPS) is 57.6. The first-order chi connectivity index (χ1) is 4.90. The first-order valence-corrected chi connectivity index (χ1v) is 7.96. The van der Waals surface area contributed by atoms with Gasteiger partial charge in [0, 0.05) is 0 Å². The first kappa shape index (κ1) is 6.35. The van der Waals surface area contributed by atoms with E-state index in [2.05, 4.69) is 0 Å². The Balaban J connectivity index is 1.90. The van der Waals surface area contributed by atoms with Crippen molar-refractivity contribution in [2.45, 2.75) is 39.8 Å². The average Bonchev–Trinajstić information content (AvgIpc) is 1.82. The third-order valence-corrected chi connectivity index (χ3v) is 8.99. The second-order valence-electron chi connectivity index (χ2n) is 4.47. The molecule has 0 radical (unpaired) electrons. The third-order valence-electron chi connectivity index (χ3n) is 3.61. The van der Waals surface area contributed by atoms with Crippen molar-refractivity contribution in [1.29, 1.82) is 0 Å². The molecule has 2 heterocycles. The zero-order valence-electron chi connectivity index (χ0n) is 6.34. The van der Waals surface area contributed by atoms with Crippen LogP contribution in [-0.4, -0.2) is 21.6 Å². The van der Waals surface area contributed by atoms with Crippen LogP contribution < -0.4 is 0 Å². The molecule has 2 aliphatic heterocycles. The van der Waals surface area contributed by atoms with Crippen molar-refractivity contribution >= 4 is 21.6 Å². The fraction of sp³-hybridized carbons (Fsp3) is 1.00. The van der Waals surface area contributed by atoms with E-state index in [0.717, 1.165) is 0 Å². The topological polar surface area (TPSA) is 0 Å².